The molecule has 1 rings (SSSR count). The first kappa shape index (κ1) is 15.5. The van der Waals surface area contributed by atoms with Crippen molar-refractivity contribution in [1.82, 2.24) is 0 Å². The third kappa shape index (κ3) is 5.27. The number of para-hydroxylation sites is 2. The molecule has 0 aliphatic carbocycles. The van der Waals surface area contributed by atoms with Crippen molar-refractivity contribution >= 4 is 29.0 Å². The molecule has 104 valence electrons. The summed E-state index contributed by atoms with van der Waals surface area (Å²) in [5.41, 5.74) is 5.55. The summed E-state index contributed by atoms with van der Waals surface area (Å²) in [6.45, 7) is 2.58. The van der Waals surface area contributed by atoms with Gasteiger partial charge in [0.25, 0.3) is 5.69 Å². The first-order valence-corrected chi connectivity index (χ1v) is 6.94. The van der Waals surface area contributed by atoms with Gasteiger partial charge in [0.1, 0.15) is 5.69 Å². The van der Waals surface area contributed by atoms with Crippen LogP contribution in [0.25, 0.3) is 0 Å². The van der Waals surface area contributed by atoms with E-state index in [0.29, 0.717) is 11.8 Å². The predicted molar refractivity (Wildman–Crippen MR) is 77.3 cm³/mol. The van der Waals surface area contributed by atoms with Crippen molar-refractivity contribution in [1.29, 1.82) is 0 Å². The van der Waals surface area contributed by atoms with E-state index in [1.807, 2.05) is 6.92 Å². The Kier molecular flexibility index (Phi) is 6.31. The number of carbonyl (C=O) groups excluding carboxylic acids is 1. The zero-order chi connectivity index (χ0) is 14.3. The van der Waals surface area contributed by atoms with Gasteiger partial charge in [0.15, 0.2) is 0 Å². The molecule has 3 N–H and O–H groups in total. The summed E-state index contributed by atoms with van der Waals surface area (Å²) in [5.74, 6) is 0.0101. The Bertz CT molecular complexity index is 454. The Morgan fingerprint density at radius 2 is 2.21 bits per heavy atom. The number of benzene rings is 1. The minimum Gasteiger partial charge on any atom is -0.330 e. The van der Waals surface area contributed by atoms with Gasteiger partial charge in [-0.05, 0) is 19.0 Å². The van der Waals surface area contributed by atoms with Gasteiger partial charge in [0, 0.05) is 11.3 Å². The highest BCUT2D eigenvalue weighted by atomic mass is 32.2. The van der Waals surface area contributed by atoms with Gasteiger partial charge in [-0.3, -0.25) is 14.9 Å². The van der Waals surface area contributed by atoms with E-state index < -0.39 is 4.92 Å². The average Bonchev–Trinajstić information content (AvgIpc) is 2.37. The van der Waals surface area contributed by atoms with Crippen LogP contribution in [0, 0.1) is 10.1 Å². The monoisotopic (exact) mass is 283 g/mol. The normalized spacial score (nSPS) is 11.9. The largest absolute Gasteiger partial charge is 0.330 e. The second kappa shape index (κ2) is 7.75. The lowest BCUT2D eigenvalue weighted by Crippen LogP contribution is -2.17. The summed E-state index contributed by atoms with van der Waals surface area (Å²) in [6, 6.07) is 6.09. The number of nitrogens with zero attached hydrogens (tertiary/aromatic N) is 1. The second-order valence-electron chi connectivity index (χ2n) is 4.02. The Morgan fingerprint density at radius 1 is 1.53 bits per heavy atom. The first-order chi connectivity index (χ1) is 9.04. The Morgan fingerprint density at radius 3 is 2.84 bits per heavy atom. The van der Waals surface area contributed by atoms with Crippen LogP contribution in [0.15, 0.2) is 24.3 Å². The summed E-state index contributed by atoms with van der Waals surface area (Å²) >= 11 is 1.48. The lowest BCUT2D eigenvalue weighted by Gasteiger charge is -2.10. The maximum absolute atomic E-state index is 11.7. The highest BCUT2D eigenvalue weighted by Crippen LogP contribution is 2.23. The minimum atomic E-state index is -0.514. The van der Waals surface area contributed by atoms with Crippen molar-refractivity contribution in [3.63, 3.8) is 0 Å². The van der Waals surface area contributed by atoms with Crippen LogP contribution in [-0.4, -0.2) is 28.4 Å². The Balaban J connectivity index is 2.55. The molecule has 0 bridgehead atoms. The maximum atomic E-state index is 11.7. The van der Waals surface area contributed by atoms with Gasteiger partial charge < -0.3 is 11.1 Å². The zero-order valence-electron chi connectivity index (χ0n) is 10.7. The molecule has 0 radical (unpaired) electrons. The number of nitro groups is 1. The molecule has 1 amide bonds. The van der Waals surface area contributed by atoms with E-state index >= 15 is 0 Å². The lowest BCUT2D eigenvalue weighted by molar-refractivity contribution is -0.383. The van der Waals surface area contributed by atoms with E-state index in [4.69, 9.17) is 5.73 Å². The van der Waals surface area contributed by atoms with E-state index in [1.165, 1.54) is 23.9 Å². The van der Waals surface area contributed by atoms with Crippen LogP contribution in [0.1, 0.15) is 13.3 Å². The van der Waals surface area contributed by atoms with Gasteiger partial charge >= 0.3 is 0 Å². The van der Waals surface area contributed by atoms with E-state index in [1.54, 1.807) is 12.1 Å². The van der Waals surface area contributed by atoms with Gasteiger partial charge in [-0.1, -0.05) is 19.1 Å². The van der Waals surface area contributed by atoms with Crippen LogP contribution in [-0.2, 0) is 4.79 Å². The number of amides is 1. The number of rotatable bonds is 7. The molecule has 1 aromatic rings. The summed E-state index contributed by atoms with van der Waals surface area (Å²) in [7, 11) is 0. The molecule has 0 heterocycles. The van der Waals surface area contributed by atoms with Crippen LogP contribution in [0.4, 0.5) is 11.4 Å². The highest BCUT2D eigenvalue weighted by Gasteiger charge is 2.15. The second-order valence-corrected chi connectivity index (χ2v) is 5.45. The number of nitrogens with one attached hydrogen (secondary N) is 1. The van der Waals surface area contributed by atoms with Crippen molar-refractivity contribution in [2.45, 2.75) is 18.6 Å². The number of hydrogen-bond donors (Lipinski definition) is 2. The molecular weight excluding hydrogens is 266 g/mol. The minimum absolute atomic E-state index is 0.101. The number of nitrogens with two attached hydrogens (primary N) is 1. The SMILES string of the molecule is CC(CCN)SCC(=O)Nc1ccccc1[N+](=O)[O-]. The number of anilines is 1. The molecule has 1 unspecified atom stereocenters. The molecule has 0 fully saturated rings. The van der Waals surface area contributed by atoms with Gasteiger partial charge in [-0.15, -0.1) is 11.8 Å². The fourth-order valence-electron chi connectivity index (χ4n) is 1.46. The molecular formula is C12H17N3O3S. The lowest BCUT2D eigenvalue weighted by atomic mass is 10.2. The number of nitro benzene ring substituents is 1. The third-order valence-corrected chi connectivity index (χ3v) is 3.68. The predicted octanol–water partition coefficient (Wildman–Crippen LogP) is 2.00. The first-order valence-electron chi connectivity index (χ1n) is 5.89. The molecule has 6 nitrogen and oxygen atoms in total. The summed E-state index contributed by atoms with van der Waals surface area (Å²) in [6.07, 6.45) is 0.837. The van der Waals surface area contributed by atoms with E-state index in [0.717, 1.165) is 6.42 Å². The highest BCUT2D eigenvalue weighted by molar-refractivity contribution is 8.00. The molecule has 19 heavy (non-hydrogen) atoms. The molecule has 0 spiro atoms. The van der Waals surface area contributed by atoms with Crippen molar-refractivity contribution in [2.24, 2.45) is 5.73 Å². The van der Waals surface area contributed by atoms with Crippen LogP contribution < -0.4 is 11.1 Å². The number of thioether (sulfide) groups is 1. The number of carbonyl (C=O) groups is 1. The van der Waals surface area contributed by atoms with Crippen LogP contribution in [0.5, 0.6) is 0 Å². The van der Waals surface area contributed by atoms with E-state index in [9.17, 15) is 14.9 Å². The van der Waals surface area contributed by atoms with Crippen molar-refractivity contribution in [3.05, 3.63) is 34.4 Å². The average molecular weight is 283 g/mol. The third-order valence-electron chi connectivity index (χ3n) is 2.45. The standard InChI is InChI=1S/C12H17N3O3S/c1-9(6-7-13)19-8-12(16)14-10-4-2-3-5-11(10)15(17)18/h2-5,9H,6-8,13H2,1H3,(H,14,16). The van der Waals surface area contributed by atoms with Gasteiger partial charge in [-0.25, -0.2) is 0 Å². The molecule has 0 aromatic heterocycles. The van der Waals surface area contributed by atoms with Gasteiger partial charge in [0.05, 0.1) is 10.7 Å². The zero-order valence-corrected chi connectivity index (χ0v) is 11.5. The van der Waals surface area contributed by atoms with Crippen molar-refractivity contribution in [3.8, 4) is 0 Å². The fraction of sp³-hybridized carbons (Fsp3) is 0.417. The molecule has 0 saturated heterocycles. The van der Waals surface area contributed by atoms with Crippen LogP contribution >= 0.6 is 11.8 Å². The quantitative estimate of drug-likeness (QED) is 0.589. The summed E-state index contributed by atoms with van der Waals surface area (Å²) in [5, 5.41) is 13.6. The molecule has 7 heteroatoms. The topological polar surface area (TPSA) is 98.3 Å². The Labute approximate surface area is 115 Å². The fourth-order valence-corrected chi connectivity index (χ4v) is 2.27. The van der Waals surface area contributed by atoms with Crippen molar-refractivity contribution < 1.29 is 9.72 Å². The molecule has 0 aliphatic heterocycles. The number of hydrogen-bond acceptors (Lipinski definition) is 5. The Hall–Kier alpha value is -1.60. The molecule has 1 atom stereocenters. The molecule has 0 saturated carbocycles. The van der Waals surface area contributed by atoms with E-state index in [-0.39, 0.29) is 23.0 Å². The maximum Gasteiger partial charge on any atom is 0.292 e. The molecule has 1 aromatic carbocycles. The van der Waals surface area contributed by atoms with Gasteiger partial charge in [-0.2, -0.15) is 0 Å². The smallest absolute Gasteiger partial charge is 0.292 e. The van der Waals surface area contributed by atoms with Crippen LogP contribution in [0.3, 0.4) is 0 Å². The van der Waals surface area contributed by atoms with E-state index in [2.05, 4.69) is 5.32 Å². The summed E-state index contributed by atoms with van der Waals surface area (Å²) in [4.78, 5) is 22.0. The summed E-state index contributed by atoms with van der Waals surface area (Å²) < 4.78 is 0. The van der Waals surface area contributed by atoms with Crippen molar-refractivity contribution in [2.75, 3.05) is 17.6 Å². The molecule has 0 aliphatic rings. The van der Waals surface area contributed by atoms with Crippen LogP contribution in [0.2, 0.25) is 0 Å². The van der Waals surface area contributed by atoms with Gasteiger partial charge in [0.2, 0.25) is 5.91 Å².